The van der Waals surface area contributed by atoms with Crippen LogP contribution in [0.3, 0.4) is 0 Å². The quantitative estimate of drug-likeness (QED) is 0.930. The molecule has 1 aliphatic rings. The van der Waals surface area contributed by atoms with Crippen LogP contribution in [0.2, 0.25) is 10.2 Å². The second-order valence-electron chi connectivity index (χ2n) is 5.43. The predicted molar refractivity (Wildman–Crippen MR) is 84.4 cm³/mol. The van der Waals surface area contributed by atoms with Gasteiger partial charge in [0.15, 0.2) is 0 Å². The van der Waals surface area contributed by atoms with Gasteiger partial charge in [0, 0.05) is 32.5 Å². The van der Waals surface area contributed by atoms with E-state index in [0.29, 0.717) is 22.4 Å². The standard InChI is InChI=1S/C14H17Cl2N5O/c1-3-11-18-19-12-5-4-8(7-21(11)12)17-14(22)10-6-9(15)13(16)20(10)2/h6,8H,3-5,7H2,1-2H3,(H,17,22)/t8-/m0/s1. The van der Waals surface area contributed by atoms with E-state index in [-0.39, 0.29) is 11.9 Å². The number of rotatable bonds is 3. The van der Waals surface area contributed by atoms with Gasteiger partial charge in [0.2, 0.25) is 0 Å². The van der Waals surface area contributed by atoms with Crippen molar-refractivity contribution in [3.8, 4) is 0 Å². The van der Waals surface area contributed by atoms with Crippen LogP contribution in [0.15, 0.2) is 6.07 Å². The monoisotopic (exact) mass is 341 g/mol. The minimum atomic E-state index is -0.170. The third-order valence-electron chi connectivity index (χ3n) is 4.02. The Kier molecular flexibility index (Phi) is 4.14. The highest BCUT2D eigenvalue weighted by molar-refractivity contribution is 6.41. The zero-order valence-electron chi connectivity index (χ0n) is 12.4. The average Bonchev–Trinajstić information content (AvgIpc) is 3.03. The molecule has 6 nitrogen and oxygen atoms in total. The first kappa shape index (κ1) is 15.4. The molecule has 1 atom stereocenters. The summed E-state index contributed by atoms with van der Waals surface area (Å²) in [7, 11) is 1.72. The lowest BCUT2D eigenvalue weighted by Crippen LogP contribution is -2.41. The van der Waals surface area contributed by atoms with E-state index in [0.717, 1.165) is 30.9 Å². The maximum Gasteiger partial charge on any atom is 0.268 e. The van der Waals surface area contributed by atoms with Gasteiger partial charge in [-0.15, -0.1) is 10.2 Å². The lowest BCUT2D eigenvalue weighted by molar-refractivity contribution is 0.0919. The minimum absolute atomic E-state index is 0.0498. The lowest BCUT2D eigenvalue weighted by Gasteiger charge is -2.25. The van der Waals surface area contributed by atoms with Gasteiger partial charge in [-0.1, -0.05) is 30.1 Å². The number of aromatic nitrogens is 4. The summed E-state index contributed by atoms with van der Waals surface area (Å²) < 4.78 is 3.68. The van der Waals surface area contributed by atoms with Crippen LogP contribution in [-0.2, 0) is 26.4 Å². The second-order valence-corrected chi connectivity index (χ2v) is 6.20. The SMILES string of the molecule is CCc1nnc2n1C[C@@H](NC(=O)c1cc(Cl)c(Cl)n1C)CC2. The molecule has 0 aromatic carbocycles. The fraction of sp³-hybridized carbons (Fsp3) is 0.500. The molecule has 0 unspecified atom stereocenters. The van der Waals surface area contributed by atoms with E-state index in [1.54, 1.807) is 17.7 Å². The number of hydrogen-bond donors (Lipinski definition) is 1. The van der Waals surface area contributed by atoms with Crippen LogP contribution in [0, 0.1) is 0 Å². The number of halogens is 2. The van der Waals surface area contributed by atoms with Gasteiger partial charge in [-0.3, -0.25) is 4.79 Å². The van der Waals surface area contributed by atoms with Crippen molar-refractivity contribution in [1.29, 1.82) is 0 Å². The number of amides is 1. The minimum Gasteiger partial charge on any atom is -0.346 e. The molecular weight excluding hydrogens is 325 g/mol. The fourth-order valence-corrected chi connectivity index (χ4v) is 3.16. The summed E-state index contributed by atoms with van der Waals surface area (Å²) in [6, 6.07) is 1.64. The van der Waals surface area contributed by atoms with E-state index in [4.69, 9.17) is 23.2 Å². The highest BCUT2D eigenvalue weighted by Crippen LogP contribution is 2.25. The topological polar surface area (TPSA) is 64.7 Å². The molecule has 1 N–H and O–H groups in total. The zero-order valence-corrected chi connectivity index (χ0v) is 13.9. The van der Waals surface area contributed by atoms with Gasteiger partial charge in [-0.05, 0) is 12.5 Å². The molecule has 0 radical (unpaired) electrons. The molecule has 2 aromatic rings. The van der Waals surface area contributed by atoms with Crippen molar-refractivity contribution >= 4 is 29.1 Å². The lowest BCUT2D eigenvalue weighted by atomic mass is 10.1. The summed E-state index contributed by atoms with van der Waals surface area (Å²) in [6.45, 7) is 2.75. The number of fused-ring (bicyclic) bond motifs is 1. The first-order chi connectivity index (χ1) is 10.5. The Bertz CT molecular complexity index is 708. The van der Waals surface area contributed by atoms with Gasteiger partial charge in [0.1, 0.15) is 22.5 Å². The van der Waals surface area contributed by atoms with E-state index >= 15 is 0 Å². The molecule has 3 heterocycles. The molecule has 8 heteroatoms. The number of aryl methyl sites for hydroxylation is 2. The molecule has 3 rings (SSSR count). The van der Waals surface area contributed by atoms with E-state index in [9.17, 15) is 4.79 Å². The van der Waals surface area contributed by atoms with Crippen molar-refractivity contribution in [2.75, 3.05) is 0 Å². The van der Waals surface area contributed by atoms with Gasteiger partial charge in [0.05, 0.1) is 5.02 Å². The third-order valence-corrected chi connectivity index (χ3v) is 4.87. The molecule has 0 bridgehead atoms. The van der Waals surface area contributed by atoms with Crippen molar-refractivity contribution in [3.63, 3.8) is 0 Å². The van der Waals surface area contributed by atoms with Gasteiger partial charge < -0.3 is 14.5 Å². The van der Waals surface area contributed by atoms with E-state index in [1.807, 2.05) is 6.92 Å². The van der Waals surface area contributed by atoms with Crippen molar-refractivity contribution in [3.05, 3.63) is 33.6 Å². The summed E-state index contributed by atoms with van der Waals surface area (Å²) in [5.41, 5.74) is 0.459. The number of nitrogens with zero attached hydrogens (tertiary/aromatic N) is 4. The predicted octanol–water partition coefficient (Wildman–Crippen LogP) is 2.23. The third kappa shape index (κ3) is 2.61. The first-order valence-corrected chi connectivity index (χ1v) is 7.99. The molecule has 22 heavy (non-hydrogen) atoms. The maximum absolute atomic E-state index is 12.4. The smallest absolute Gasteiger partial charge is 0.268 e. The summed E-state index contributed by atoms with van der Waals surface area (Å²) in [6.07, 6.45) is 2.49. The fourth-order valence-electron chi connectivity index (χ4n) is 2.78. The normalized spacial score (nSPS) is 17.4. The first-order valence-electron chi connectivity index (χ1n) is 7.23. The Hall–Kier alpha value is -1.53. The van der Waals surface area contributed by atoms with Crippen molar-refractivity contribution < 1.29 is 4.79 Å². The van der Waals surface area contributed by atoms with Crippen LogP contribution in [-0.4, -0.2) is 31.3 Å². The highest BCUT2D eigenvalue weighted by Gasteiger charge is 2.25. The number of nitrogens with one attached hydrogen (secondary N) is 1. The summed E-state index contributed by atoms with van der Waals surface area (Å²) in [5, 5.41) is 12.2. The van der Waals surface area contributed by atoms with Crippen LogP contribution in [0.4, 0.5) is 0 Å². The number of carbonyl (C=O) groups is 1. The Balaban J connectivity index is 1.74. The Morgan fingerprint density at radius 2 is 2.23 bits per heavy atom. The van der Waals surface area contributed by atoms with Crippen LogP contribution in [0.25, 0.3) is 0 Å². The summed E-state index contributed by atoms with van der Waals surface area (Å²) >= 11 is 12.0. The average molecular weight is 342 g/mol. The molecule has 118 valence electrons. The molecule has 0 spiro atoms. The Morgan fingerprint density at radius 3 is 2.86 bits per heavy atom. The zero-order chi connectivity index (χ0) is 15.9. The molecule has 2 aromatic heterocycles. The van der Waals surface area contributed by atoms with Crippen molar-refractivity contribution in [2.24, 2.45) is 7.05 Å². The van der Waals surface area contributed by atoms with Gasteiger partial charge in [-0.25, -0.2) is 0 Å². The molecule has 0 saturated heterocycles. The van der Waals surface area contributed by atoms with Crippen molar-refractivity contribution in [2.45, 2.75) is 38.8 Å². The Morgan fingerprint density at radius 1 is 1.45 bits per heavy atom. The number of carbonyl (C=O) groups excluding carboxylic acids is 1. The number of hydrogen-bond acceptors (Lipinski definition) is 3. The molecule has 0 saturated carbocycles. The van der Waals surface area contributed by atoms with Gasteiger partial charge in [0.25, 0.3) is 5.91 Å². The summed E-state index contributed by atoms with van der Waals surface area (Å²) in [4.78, 5) is 12.4. The molecule has 0 fully saturated rings. The van der Waals surface area contributed by atoms with E-state index in [1.165, 1.54) is 0 Å². The summed E-state index contributed by atoms with van der Waals surface area (Å²) in [5.74, 6) is 1.78. The second kappa shape index (κ2) is 5.93. The largest absolute Gasteiger partial charge is 0.346 e. The molecule has 1 amide bonds. The molecular formula is C14H17Cl2N5O. The van der Waals surface area contributed by atoms with E-state index < -0.39 is 0 Å². The van der Waals surface area contributed by atoms with Crippen LogP contribution < -0.4 is 5.32 Å². The van der Waals surface area contributed by atoms with E-state index in [2.05, 4.69) is 20.1 Å². The van der Waals surface area contributed by atoms with Crippen molar-refractivity contribution in [1.82, 2.24) is 24.6 Å². The van der Waals surface area contributed by atoms with Crippen LogP contribution in [0.1, 0.15) is 35.5 Å². The molecule has 0 aliphatic carbocycles. The molecule has 1 aliphatic heterocycles. The van der Waals surface area contributed by atoms with Crippen LogP contribution >= 0.6 is 23.2 Å². The maximum atomic E-state index is 12.4. The highest BCUT2D eigenvalue weighted by atomic mass is 35.5. The van der Waals surface area contributed by atoms with Crippen LogP contribution in [0.5, 0.6) is 0 Å². The van der Waals surface area contributed by atoms with Gasteiger partial charge in [-0.2, -0.15) is 0 Å². The van der Waals surface area contributed by atoms with Gasteiger partial charge >= 0.3 is 0 Å². The Labute approximate surface area is 138 Å².